The van der Waals surface area contributed by atoms with Gasteiger partial charge in [0.25, 0.3) is 0 Å². The fraction of sp³-hybridized carbons (Fsp3) is 0.500. The predicted molar refractivity (Wildman–Crippen MR) is 96.4 cm³/mol. The zero-order chi connectivity index (χ0) is 17.3. The number of halogens is 1. The van der Waals surface area contributed by atoms with Crippen LogP contribution in [0.5, 0.6) is 0 Å². The quantitative estimate of drug-likeness (QED) is 0.895. The number of aromatic amines is 1. The molecule has 1 aromatic carbocycles. The molecule has 1 N–H and O–H groups in total. The van der Waals surface area contributed by atoms with E-state index in [0.717, 1.165) is 35.6 Å². The average Bonchev–Trinajstić information content (AvgIpc) is 2.88. The highest BCUT2D eigenvalue weighted by Gasteiger charge is 2.26. The summed E-state index contributed by atoms with van der Waals surface area (Å²) in [6.07, 6.45) is 1.82. The summed E-state index contributed by atoms with van der Waals surface area (Å²) in [6.45, 7) is 9.59. The van der Waals surface area contributed by atoms with Gasteiger partial charge in [-0.3, -0.25) is 4.90 Å². The molecule has 0 atom stereocenters. The summed E-state index contributed by atoms with van der Waals surface area (Å²) in [5, 5.41) is 1.91. The number of aromatic nitrogens is 1. The molecule has 0 radical (unpaired) electrons. The van der Waals surface area contributed by atoms with Crippen LogP contribution < -0.4 is 0 Å². The van der Waals surface area contributed by atoms with Crippen molar-refractivity contribution in [1.29, 1.82) is 0 Å². The van der Waals surface area contributed by atoms with Gasteiger partial charge < -0.3 is 14.6 Å². The molecule has 1 aromatic heterocycles. The first kappa shape index (κ1) is 17.1. The van der Waals surface area contributed by atoms with Gasteiger partial charge in [-0.05, 0) is 44.5 Å². The van der Waals surface area contributed by atoms with Crippen molar-refractivity contribution in [2.45, 2.75) is 32.9 Å². The molecule has 0 aliphatic carbocycles. The molecule has 24 heavy (non-hydrogen) atoms. The topological polar surface area (TPSA) is 48.6 Å². The predicted octanol–water partition coefficient (Wildman–Crippen LogP) is 3.87. The third-order valence-electron chi connectivity index (χ3n) is 4.15. The lowest BCUT2D eigenvalue weighted by Gasteiger charge is -2.35. The minimum atomic E-state index is -0.447. The normalized spacial score (nSPS) is 16.6. The van der Waals surface area contributed by atoms with E-state index in [1.165, 1.54) is 5.56 Å². The Morgan fingerprint density at radius 2 is 1.96 bits per heavy atom. The molecule has 5 nitrogen and oxygen atoms in total. The summed E-state index contributed by atoms with van der Waals surface area (Å²) in [4.78, 5) is 19.5. The number of carbonyl (C=O) groups is 1. The lowest BCUT2D eigenvalue weighted by Crippen LogP contribution is -2.49. The van der Waals surface area contributed by atoms with Crippen LogP contribution >= 0.6 is 11.6 Å². The first-order valence-corrected chi connectivity index (χ1v) is 8.65. The van der Waals surface area contributed by atoms with Crippen LogP contribution in [-0.4, -0.2) is 52.7 Å². The van der Waals surface area contributed by atoms with Gasteiger partial charge in [0.15, 0.2) is 0 Å². The summed E-state index contributed by atoms with van der Waals surface area (Å²) in [6, 6.07) is 5.89. The number of H-pyrrole nitrogens is 1. The maximum absolute atomic E-state index is 12.1. The fourth-order valence-electron chi connectivity index (χ4n) is 2.94. The molecule has 6 heteroatoms. The number of hydrogen-bond acceptors (Lipinski definition) is 3. The van der Waals surface area contributed by atoms with Gasteiger partial charge in [0.2, 0.25) is 0 Å². The van der Waals surface area contributed by atoms with E-state index in [1.807, 2.05) is 45.2 Å². The molecular formula is C18H24ClN3O2. The number of benzene rings is 1. The van der Waals surface area contributed by atoms with E-state index >= 15 is 0 Å². The van der Waals surface area contributed by atoms with Crippen molar-refractivity contribution in [3.05, 3.63) is 35.0 Å². The van der Waals surface area contributed by atoms with E-state index in [2.05, 4.69) is 9.88 Å². The highest BCUT2D eigenvalue weighted by molar-refractivity contribution is 6.31. The van der Waals surface area contributed by atoms with Gasteiger partial charge in [-0.1, -0.05) is 11.6 Å². The molecule has 3 rings (SSSR count). The zero-order valence-corrected chi connectivity index (χ0v) is 15.2. The van der Waals surface area contributed by atoms with E-state index in [4.69, 9.17) is 16.3 Å². The van der Waals surface area contributed by atoms with Gasteiger partial charge in [0.05, 0.1) is 0 Å². The molecular weight excluding hydrogens is 326 g/mol. The number of nitrogens with one attached hydrogen (secondary N) is 1. The van der Waals surface area contributed by atoms with Gasteiger partial charge in [-0.15, -0.1) is 0 Å². The van der Waals surface area contributed by atoms with Crippen molar-refractivity contribution in [2.75, 3.05) is 26.2 Å². The zero-order valence-electron chi connectivity index (χ0n) is 14.4. The van der Waals surface area contributed by atoms with Crippen molar-refractivity contribution in [2.24, 2.45) is 0 Å². The number of piperazine rings is 1. The second-order valence-corrected chi connectivity index (χ2v) is 7.68. The first-order chi connectivity index (χ1) is 11.3. The highest BCUT2D eigenvalue weighted by atomic mass is 35.5. The third kappa shape index (κ3) is 4.02. The molecule has 0 bridgehead atoms. The lowest BCUT2D eigenvalue weighted by atomic mass is 10.1. The highest BCUT2D eigenvalue weighted by Crippen LogP contribution is 2.24. The molecule has 1 fully saturated rings. The van der Waals surface area contributed by atoms with Crippen LogP contribution in [0, 0.1) is 0 Å². The lowest BCUT2D eigenvalue weighted by molar-refractivity contribution is 0.0139. The Labute approximate surface area is 147 Å². The number of carbonyl (C=O) groups excluding carboxylic acids is 1. The molecule has 1 aliphatic rings. The van der Waals surface area contributed by atoms with Crippen LogP contribution in [0.25, 0.3) is 10.9 Å². The molecule has 1 aliphatic heterocycles. The maximum Gasteiger partial charge on any atom is 0.410 e. The Balaban J connectivity index is 1.59. The largest absolute Gasteiger partial charge is 0.444 e. The smallest absolute Gasteiger partial charge is 0.410 e. The third-order valence-corrected chi connectivity index (χ3v) is 4.38. The molecule has 0 unspecified atom stereocenters. The number of rotatable bonds is 2. The van der Waals surface area contributed by atoms with Crippen LogP contribution in [0.3, 0.4) is 0 Å². The minimum Gasteiger partial charge on any atom is -0.444 e. The van der Waals surface area contributed by atoms with Crippen molar-refractivity contribution in [3.63, 3.8) is 0 Å². The van der Waals surface area contributed by atoms with Crippen molar-refractivity contribution < 1.29 is 9.53 Å². The van der Waals surface area contributed by atoms with Crippen LogP contribution in [0.4, 0.5) is 4.79 Å². The molecule has 0 saturated carbocycles. The van der Waals surface area contributed by atoms with E-state index in [-0.39, 0.29) is 6.09 Å². The summed E-state index contributed by atoms with van der Waals surface area (Å²) in [5.74, 6) is 0. The minimum absolute atomic E-state index is 0.221. The fourth-order valence-corrected chi connectivity index (χ4v) is 3.11. The SMILES string of the molecule is CC(C)(C)OC(=O)N1CCN(Cc2c[nH]c3ccc(Cl)cc23)CC1. The van der Waals surface area contributed by atoms with E-state index in [0.29, 0.717) is 13.1 Å². The molecule has 1 amide bonds. The summed E-state index contributed by atoms with van der Waals surface area (Å²) in [5.41, 5.74) is 1.89. The Bertz CT molecular complexity index is 727. The number of fused-ring (bicyclic) bond motifs is 1. The van der Waals surface area contributed by atoms with Gasteiger partial charge in [-0.2, -0.15) is 0 Å². The van der Waals surface area contributed by atoms with Crippen LogP contribution in [-0.2, 0) is 11.3 Å². The first-order valence-electron chi connectivity index (χ1n) is 8.28. The summed E-state index contributed by atoms with van der Waals surface area (Å²) < 4.78 is 5.44. The van der Waals surface area contributed by atoms with Crippen molar-refractivity contribution in [1.82, 2.24) is 14.8 Å². The van der Waals surface area contributed by atoms with Crippen LogP contribution in [0.1, 0.15) is 26.3 Å². The van der Waals surface area contributed by atoms with Crippen molar-refractivity contribution >= 4 is 28.6 Å². The summed E-state index contributed by atoms with van der Waals surface area (Å²) >= 11 is 6.11. The van der Waals surface area contributed by atoms with E-state index in [1.54, 1.807) is 4.90 Å². The van der Waals surface area contributed by atoms with Crippen LogP contribution in [0.2, 0.25) is 5.02 Å². The Hall–Kier alpha value is -1.72. The average molecular weight is 350 g/mol. The van der Waals surface area contributed by atoms with Crippen molar-refractivity contribution in [3.8, 4) is 0 Å². The monoisotopic (exact) mass is 349 g/mol. The molecule has 2 aromatic rings. The van der Waals surface area contributed by atoms with Gasteiger partial charge >= 0.3 is 6.09 Å². The summed E-state index contributed by atoms with van der Waals surface area (Å²) in [7, 11) is 0. The Morgan fingerprint density at radius 3 is 2.62 bits per heavy atom. The second-order valence-electron chi connectivity index (χ2n) is 7.25. The Morgan fingerprint density at radius 1 is 1.25 bits per heavy atom. The van der Waals surface area contributed by atoms with Gasteiger partial charge in [0.1, 0.15) is 5.60 Å². The molecule has 1 saturated heterocycles. The van der Waals surface area contributed by atoms with E-state index < -0.39 is 5.60 Å². The van der Waals surface area contributed by atoms with Gasteiger partial charge in [0, 0.05) is 54.8 Å². The molecule has 0 spiro atoms. The number of nitrogens with zero attached hydrogens (tertiary/aromatic N) is 2. The Kier molecular flexibility index (Phi) is 4.74. The molecule has 130 valence electrons. The number of ether oxygens (including phenoxy) is 1. The number of amides is 1. The maximum atomic E-state index is 12.1. The molecule has 2 heterocycles. The number of hydrogen-bond donors (Lipinski definition) is 1. The van der Waals surface area contributed by atoms with Gasteiger partial charge in [-0.25, -0.2) is 4.79 Å². The standard InChI is InChI=1S/C18H24ClN3O2/c1-18(2,3)24-17(23)22-8-6-21(7-9-22)12-13-11-20-16-5-4-14(19)10-15(13)16/h4-5,10-11,20H,6-9,12H2,1-3H3. The second kappa shape index (κ2) is 6.65. The van der Waals surface area contributed by atoms with E-state index in [9.17, 15) is 4.79 Å². The van der Waals surface area contributed by atoms with Crippen LogP contribution in [0.15, 0.2) is 24.4 Å².